The van der Waals surface area contributed by atoms with Crippen molar-refractivity contribution in [3.63, 3.8) is 0 Å². The maximum absolute atomic E-state index is 13.5. The number of hydrogen-bond acceptors (Lipinski definition) is 7. The molecule has 42 heavy (non-hydrogen) atoms. The van der Waals surface area contributed by atoms with E-state index in [1.165, 1.54) is 11.0 Å². The number of piperazine rings is 1. The van der Waals surface area contributed by atoms with Crippen LogP contribution in [0.2, 0.25) is 5.02 Å². The number of hydrogen-bond donors (Lipinski definition) is 2. The highest BCUT2D eigenvalue weighted by Crippen LogP contribution is 2.24. The van der Waals surface area contributed by atoms with E-state index in [9.17, 15) is 18.0 Å². The number of carboxylic acid groups (broad SMARTS) is 1. The van der Waals surface area contributed by atoms with Crippen LogP contribution in [0.1, 0.15) is 33.6 Å². The Bertz CT molecular complexity index is 1350. The maximum atomic E-state index is 13.5. The predicted octanol–water partition coefficient (Wildman–Crippen LogP) is 2.34. The summed E-state index contributed by atoms with van der Waals surface area (Å²) < 4.78 is 28.8. The summed E-state index contributed by atoms with van der Waals surface area (Å²) in [6.07, 6.45) is 1.18. The minimum atomic E-state index is -3.94. The third kappa shape index (κ3) is 8.63. The van der Waals surface area contributed by atoms with Crippen LogP contribution >= 0.6 is 11.6 Å². The first-order valence-corrected chi connectivity index (χ1v) is 16.1. The summed E-state index contributed by atoms with van der Waals surface area (Å²) in [6.45, 7) is 11.5. The summed E-state index contributed by atoms with van der Waals surface area (Å²) in [5.41, 5.74) is 0. The number of nitrogens with one attached hydrogen (secondary N) is 1. The number of fused-ring (bicyclic) bond motifs is 1. The number of likely N-dealkylation sites (N-methyl/N-ethyl adjacent to an activating group) is 1. The van der Waals surface area contributed by atoms with Gasteiger partial charge in [-0.1, -0.05) is 23.7 Å². The zero-order chi connectivity index (χ0) is 31.0. The minimum absolute atomic E-state index is 0.00206. The molecule has 2 amide bonds. The summed E-state index contributed by atoms with van der Waals surface area (Å²) in [7, 11) is -1.80. The molecule has 2 aliphatic heterocycles. The van der Waals surface area contributed by atoms with Crippen LogP contribution in [0.3, 0.4) is 0 Å². The highest BCUT2D eigenvalue weighted by Gasteiger charge is 2.40. The van der Waals surface area contributed by atoms with E-state index in [-0.39, 0.29) is 29.2 Å². The van der Waals surface area contributed by atoms with Gasteiger partial charge in [-0.25, -0.2) is 8.42 Å². The molecule has 11 nitrogen and oxygen atoms in total. The maximum Gasteiger partial charge on any atom is 0.290 e. The summed E-state index contributed by atoms with van der Waals surface area (Å²) >= 11 is 6.03. The van der Waals surface area contributed by atoms with Gasteiger partial charge in [0, 0.05) is 50.3 Å². The van der Waals surface area contributed by atoms with Gasteiger partial charge in [-0.3, -0.25) is 14.4 Å². The van der Waals surface area contributed by atoms with Crippen molar-refractivity contribution in [2.45, 2.75) is 56.6 Å². The number of halogens is 1. The van der Waals surface area contributed by atoms with Crippen LogP contribution in [0.5, 0.6) is 0 Å². The second-order valence-corrected chi connectivity index (χ2v) is 13.2. The van der Waals surface area contributed by atoms with Gasteiger partial charge in [-0.05, 0) is 82.2 Å². The third-order valence-corrected chi connectivity index (χ3v) is 9.53. The van der Waals surface area contributed by atoms with E-state index in [2.05, 4.69) is 21.6 Å². The Kier molecular flexibility index (Phi) is 12.1. The predicted molar refractivity (Wildman–Crippen MR) is 163 cm³/mol. The molecule has 0 bridgehead atoms. The fraction of sp³-hybridized carbons (Fsp3) is 0.552. The van der Waals surface area contributed by atoms with Crippen LogP contribution in [0.25, 0.3) is 10.8 Å². The summed E-state index contributed by atoms with van der Waals surface area (Å²) in [5.74, 6) is -0.471. The molecule has 232 valence electrons. The van der Waals surface area contributed by atoms with Gasteiger partial charge >= 0.3 is 0 Å². The Morgan fingerprint density at radius 2 is 1.71 bits per heavy atom. The van der Waals surface area contributed by atoms with Gasteiger partial charge < -0.3 is 24.7 Å². The number of benzene rings is 2. The van der Waals surface area contributed by atoms with E-state index in [1.807, 2.05) is 18.7 Å². The molecular formula is C29H42ClN5O6S. The Hall–Kier alpha value is -2.77. The van der Waals surface area contributed by atoms with E-state index in [0.717, 1.165) is 49.9 Å². The van der Waals surface area contributed by atoms with Crippen molar-refractivity contribution in [2.24, 2.45) is 0 Å². The fourth-order valence-electron chi connectivity index (χ4n) is 5.35. The van der Waals surface area contributed by atoms with Crippen molar-refractivity contribution in [2.75, 3.05) is 52.9 Å². The van der Waals surface area contributed by atoms with Crippen LogP contribution in [-0.4, -0.2) is 122 Å². The minimum Gasteiger partial charge on any atom is -0.483 e. The second kappa shape index (κ2) is 15.1. The van der Waals surface area contributed by atoms with Crippen LogP contribution in [-0.2, 0) is 24.4 Å². The highest BCUT2D eigenvalue weighted by atomic mass is 35.5. The van der Waals surface area contributed by atoms with Crippen molar-refractivity contribution >= 4 is 50.7 Å². The highest BCUT2D eigenvalue weighted by molar-refractivity contribution is 7.89. The molecule has 2 aromatic carbocycles. The molecule has 0 saturated carbocycles. The van der Waals surface area contributed by atoms with Gasteiger partial charge in [0.2, 0.25) is 21.8 Å². The standard InChI is InChI=1S/C28H40ClN5O4S.CH2O2/c1-20(2)33(12-5-11-32-16-14-31(4)15-17-32)27(35)21(3)34-13-10-26(28(34)36)30-39(37,38)25-9-7-22-18-24(29)8-6-23(22)19-25;2-1-3/h6-9,18-21,26,30H,5,10-17H2,1-4H3;1H,(H,2,3)/t21-,26-;/m0./s1. The molecule has 2 heterocycles. The Morgan fingerprint density at radius 3 is 2.36 bits per heavy atom. The van der Waals surface area contributed by atoms with Gasteiger partial charge in [0.05, 0.1) is 4.90 Å². The first-order valence-electron chi connectivity index (χ1n) is 14.2. The van der Waals surface area contributed by atoms with Crippen LogP contribution in [0.15, 0.2) is 41.3 Å². The molecule has 0 aliphatic carbocycles. The fourth-order valence-corrected chi connectivity index (χ4v) is 6.78. The normalized spacial score (nSPS) is 19.0. The molecule has 2 aliphatic rings. The molecule has 2 atom stereocenters. The van der Waals surface area contributed by atoms with Crippen molar-refractivity contribution in [1.82, 2.24) is 24.3 Å². The first-order chi connectivity index (χ1) is 19.9. The quantitative estimate of drug-likeness (QED) is 0.386. The Labute approximate surface area is 253 Å². The molecule has 0 aromatic heterocycles. The number of nitrogens with zero attached hydrogens (tertiary/aromatic N) is 4. The van der Waals surface area contributed by atoms with Gasteiger partial charge in [0.1, 0.15) is 12.1 Å². The first kappa shape index (κ1) is 33.7. The zero-order valence-electron chi connectivity index (χ0n) is 24.7. The van der Waals surface area contributed by atoms with Gasteiger partial charge in [0.15, 0.2) is 0 Å². The lowest BCUT2D eigenvalue weighted by molar-refractivity contribution is -0.144. The second-order valence-electron chi connectivity index (χ2n) is 11.1. The molecule has 0 unspecified atom stereocenters. The van der Waals surface area contributed by atoms with Crippen molar-refractivity contribution in [1.29, 1.82) is 0 Å². The third-order valence-electron chi connectivity index (χ3n) is 7.82. The lowest BCUT2D eigenvalue weighted by atomic mass is 10.1. The monoisotopic (exact) mass is 623 g/mol. The smallest absolute Gasteiger partial charge is 0.290 e. The van der Waals surface area contributed by atoms with Crippen LogP contribution in [0, 0.1) is 0 Å². The zero-order valence-corrected chi connectivity index (χ0v) is 26.3. The van der Waals surface area contributed by atoms with Crippen molar-refractivity contribution in [3.8, 4) is 0 Å². The number of sulfonamides is 1. The molecule has 0 spiro atoms. The number of likely N-dealkylation sites (tertiary alicyclic amines) is 1. The summed E-state index contributed by atoms with van der Waals surface area (Å²) in [4.78, 5) is 43.3. The van der Waals surface area contributed by atoms with Gasteiger partial charge in [-0.2, -0.15) is 4.72 Å². The van der Waals surface area contributed by atoms with Crippen molar-refractivity contribution < 1.29 is 27.9 Å². The van der Waals surface area contributed by atoms with Gasteiger partial charge in [-0.15, -0.1) is 0 Å². The SMILES string of the molecule is CC(C)N(CCCN1CCN(C)CC1)C(=O)[C@H](C)N1CC[C@H](NS(=O)(=O)c2ccc3cc(Cl)ccc3c2)C1=O.O=CO. The van der Waals surface area contributed by atoms with Crippen LogP contribution in [0.4, 0.5) is 0 Å². The van der Waals surface area contributed by atoms with E-state index in [0.29, 0.717) is 24.5 Å². The number of rotatable bonds is 10. The molecule has 2 aromatic rings. The van der Waals surface area contributed by atoms with Gasteiger partial charge in [0.25, 0.3) is 6.47 Å². The van der Waals surface area contributed by atoms with E-state index in [1.54, 1.807) is 37.3 Å². The average Bonchev–Trinajstić information content (AvgIpc) is 3.30. The average molecular weight is 624 g/mol. The largest absolute Gasteiger partial charge is 0.483 e. The lowest BCUT2D eigenvalue weighted by Crippen LogP contribution is -2.52. The summed E-state index contributed by atoms with van der Waals surface area (Å²) in [5, 5.41) is 9.03. The van der Waals surface area contributed by atoms with E-state index >= 15 is 0 Å². The van der Waals surface area contributed by atoms with E-state index in [4.69, 9.17) is 21.5 Å². The van der Waals surface area contributed by atoms with E-state index < -0.39 is 22.1 Å². The lowest BCUT2D eigenvalue weighted by Gasteiger charge is -2.35. The number of carbonyl (C=O) groups excluding carboxylic acids is 2. The molecular weight excluding hydrogens is 582 g/mol. The molecule has 0 radical (unpaired) electrons. The topological polar surface area (TPSA) is 131 Å². The Morgan fingerprint density at radius 1 is 1.10 bits per heavy atom. The molecule has 2 N–H and O–H groups in total. The molecule has 2 fully saturated rings. The molecule has 2 saturated heterocycles. The summed E-state index contributed by atoms with van der Waals surface area (Å²) in [6, 6.07) is 8.44. The Balaban J connectivity index is 0.00000155. The number of amides is 2. The van der Waals surface area contributed by atoms with Crippen LogP contribution < -0.4 is 4.72 Å². The van der Waals surface area contributed by atoms with Crippen molar-refractivity contribution in [3.05, 3.63) is 41.4 Å². The molecule has 13 heteroatoms. The molecule has 4 rings (SSSR count). The number of carbonyl (C=O) groups is 3.